The van der Waals surface area contributed by atoms with E-state index in [0.717, 1.165) is 18.4 Å². The maximum absolute atomic E-state index is 12.7. The van der Waals surface area contributed by atoms with Crippen molar-refractivity contribution >= 4 is 23.2 Å². The number of likely N-dealkylation sites (tertiary alicyclic amines) is 1. The average molecular weight is 367 g/mol. The van der Waals surface area contributed by atoms with E-state index in [4.69, 9.17) is 10.5 Å². The van der Waals surface area contributed by atoms with Crippen LogP contribution in [0.2, 0.25) is 0 Å². The molecule has 6 nitrogen and oxygen atoms in total. The third-order valence-corrected chi connectivity index (χ3v) is 4.86. The van der Waals surface area contributed by atoms with Crippen LogP contribution < -0.4 is 15.8 Å². The van der Waals surface area contributed by atoms with Crippen molar-refractivity contribution in [3.05, 3.63) is 54.1 Å². The van der Waals surface area contributed by atoms with Crippen LogP contribution in [0.25, 0.3) is 0 Å². The van der Waals surface area contributed by atoms with Gasteiger partial charge in [-0.3, -0.25) is 9.59 Å². The topological polar surface area (TPSA) is 84.7 Å². The summed E-state index contributed by atoms with van der Waals surface area (Å²) in [6.45, 7) is 1.12. The number of carbonyl (C=O) groups excluding carboxylic acids is 2. The third-order valence-electron chi connectivity index (χ3n) is 4.86. The van der Waals surface area contributed by atoms with Crippen LogP contribution in [0, 0.1) is 5.92 Å². The first-order valence-corrected chi connectivity index (χ1v) is 9.13. The summed E-state index contributed by atoms with van der Waals surface area (Å²) in [4.78, 5) is 27.1. The van der Waals surface area contributed by atoms with Crippen molar-refractivity contribution in [2.75, 3.05) is 31.2 Å². The van der Waals surface area contributed by atoms with Crippen molar-refractivity contribution in [3.63, 3.8) is 0 Å². The van der Waals surface area contributed by atoms with Crippen molar-refractivity contribution in [3.8, 4) is 5.75 Å². The molecule has 6 heteroatoms. The molecule has 1 aliphatic heterocycles. The Morgan fingerprint density at radius 3 is 2.74 bits per heavy atom. The number of carbonyl (C=O) groups is 2. The number of methoxy groups -OCH3 is 1. The number of ether oxygens (including phenoxy) is 1. The zero-order valence-electron chi connectivity index (χ0n) is 15.5. The second kappa shape index (κ2) is 8.58. The van der Waals surface area contributed by atoms with Crippen LogP contribution in [0.15, 0.2) is 48.5 Å². The molecule has 1 fully saturated rings. The van der Waals surface area contributed by atoms with Gasteiger partial charge in [-0.25, -0.2) is 0 Å². The first-order valence-electron chi connectivity index (χ1n) is 9.13. The summed E-state index contributed by atoms with van der Waals surface area (Å²) in [5, 5.41) is 2.88. The Labute approximate surface area is 159 Å². The van der Waals surface area contributed by atoms with E-state index in [1.165, 1.54) is 0 Å². The second-order valence-corrected chi connectivity index (χ2v) is 6.78. The van der Waals surface area contributed by atoms with Gasteiger partial charge in [-0.15, -0.1) is 0 Å². The van der Waals surface area contributed by atoms with Crippen LogP contribution in [-0.4, -0.2) is 36.9 Å². The smallest absolute Gasteiger partial charge is 0.229 e. The molecule has 0 aliphatic carbocycles. The minimum absolute atomic E-state index is 0.0552. The molecule has 1 unspecified atom stereocenters. The number of amides is 2. The third kappa shape index (κ3) is 4.78. The highest BCUT2D eigenvalue weighted by atomic mass is 16.5. The van der Waals surface area contributed by atoms with Gasteiger partial charge in [-0.05, 0) is 30.5 Å². The standard InChI is InChI=1S/C21H25N3O3/c1-27-17-9-10-18(22)19(13-17)23-21(26)16-8-5-11-24(14-16)20(25)12-15-6-3-2-4-7-15/h2-4,6-7,9-10,13,16H,5,8,11-12,14,22H2,1H3,(H,23,26). The Morgan fingerprint density at radius 2 is 2.00 bits per heavy atom. The summed E-state index contributed by atoms with van der Waals surface area (Å²) < 4.78 is 5.18. The Morgan fingerprint density at radius 1 is 1.22 bits per heavy atom. The van der Waals surface area contributed by atoms with Gasteiger partial charge < -0.3 is 20.7 Å². The summed E-state index contributed by atoms with van der Waals surface area (Å²) in [6.07, 6.45) is 1.93. The van der Waals surface area contributed by atoms with E-state index in [1.54, 1.807) is 30.2 Å². The van der Waals surface area contributed by atoms with Gasteiger partial charge in [0.2, 0.25) is 11.8 Å². The van der Waals surface area contributed by atoms with Crippen molar-refractivity contribution in [1.82, 2.24) is 4.90 Å². The number of nitrogens with zero attached hydrogens (tertiary/aromatic N) is 1. The molecule has 0 saturated carbocycles. The average Bonchev–Trinajstić information content (AvgIpc) is 2.70. The van der Waals surface area contributed by atoms with Gasteiger partial charge in [0.15, 0.2) is 0 Å². The Balaban J connectivity index is 1.62. The fourth-order valence-electron chi connectivity index (χ4n) is 3.31. The lowest BCUT2D eigenvalue weighted by atomic mass is 9.96. The molecular formula is C21H25N3O3. The Kier molecular flexibility index (Phi) is 5.96. The highest BCUT2D eigenvalue weighted by molar-refractivity contribution is 5.96. The van der Waals surface area contributed by atoms with Crippen molar-refractivity contribution < 1.29 is 14.3 Å². The van der Waals surface area contributed by atoms with E-state index in [9.17, 15) is 9.59 Å². The van der Waals surface area contributed by atoms with Gasteiger partial charge in [-0.2, -0.15) is 0 Å². The molecule has 27 heavy (non-hydrogen) atoms. The number of benzene rings is 2. The molecule has 0 bridgehead atoms. The zero-order chi connectivity index (χ0) is 19.2. The minimum Gasteiger partial charge on any atom is -0.497 e. The van der Waals surface area contributed by atoms with Gasteiger partial charge in [0, 0.05) is 19.2 Å². The fraction of sp³-hybridized carbons (Fsp3) is 0.333. The number of rotatable bonds is 5. The summed E-state index contributed by atoms with van der Waals surface area (Å²) in [7, 11) is 1.56. The normalized spacial score (nSPS) is 16.6. The van der Waals surface area contributed by atoms with Gasteiger partial charge >= 0.3 is 0 Å². The molecule has 1 saturated heterocycles. The number of nitrogens with one attached hydrogen (secondary N) is 1. The van der Waals surface area contributed by atoms with E-state index in [2.05, 4.69) is 5.32 Å². The lowest BCUT2D eigenvalue weighted by Crippen LogP contribution is -2.44. The minimum atomic E-state index is -0.246. The van der Waals surface area contributed by atoms with Crippen LogP contribution >= 0.6 is 0 Å². The second-order valence-electron chi connectivity index (χ2n) is 6.78. The van der Waals surface area contributed by atoms with Crippen LogP contribution in [-0.2, 0) is 16.0 Å². The number of piperidine rings is 1. The predicted molar refractivity (Wildman–Crippen MR) is 105 cm³/mol. The van der Waals surface area contributed by atoms with Crippen molar-refractivity contribution in [2.24, 2.45) is 5.92 Å². The molecule has 2 aromatic rings. The molecule has 3 N–H and O–H groups in total. The SMILES string of the molecule is COc1ccc(N)c(NC(=O)C2CCCN(C(=O)Cc3ccccc3)C2)c1. The highest BCUT2D eigenvalue weighted by Gasteiger charge is 2.28. The lowest BCUT2D eigenvalue weighted by Gasteiger charge is -2.32. The monoisotopic (exact) mass is 367 g/mol. The van der Waals surface area contributed by atoms with E-state index in [-0.39, 0.29) is 17.7 Å². The Bertz CT molecular complexity index is 808. The van der Waals surface area contributed by atoms with E-state index >= 15 is 0 Å². The molecule has 0 aromatic heterocycles. The number of hydrogen-bond donors (Lipinski definition) is 2. The molecule has 0 spiro atoms. The van der Waals surface area contributed by atoms with Crippen LogP contribution in [0.5, 0.6) is 5.75 Å². The lowest BCUT2D eigenvalue weighted by molar-refractivity contribution is -0.133. The molecule has 0 radical (unpaired) electrons. The first kappa shape index (κ1) is 18.8. The van der Waals surface area contributed by atoms with Gasteiger partial charge in [0.05, 0.1) is 30.8 Å². The number of nitrogens with two attached hydrogens (primary N) is 1. The van der Waals surface area contributed by atoms with E-state index < -0.39 is 0 Å². The van der Waals surface area contributed by atoms with Gasteiger partial charge in [0.1, 0.15) is 5.75 Å². The molecule has 1 atom stereocenters. The van der Waals surface area contributed by atoms with Gasteiger partial charge in [-0.1, -0.05) is 30.3 Å². The maximum Gasteiger partial charge on any atom is 0.229 e. The summed E-state index contributed by atoms with van der Waals surface area (Å²) >= 11 is 0. The number of hydrogen-bond acceptors (Lipinski definition) is 4. The number of nitrogen functional groups attached to an aromatic ring is 1. The summed E-state index contributed by atoms with van der Waals surface area (Å²) in [6, 6.07) is 14.8. The van der Waals surface area contributed by atoms with Crippen LogP contribution in [0.1, 0.15) is 18.4 Å². The Hall–Kier alpha value is -3.02. The first-order chi connectivity index (χ1) is 13.1. The van der Waals surface area contributed by atoms with Crippen LogP contribution in [0.4, 0.5) is 11.4 Å². The summed E-state index contributed by atoms with van der Waals surface area (Å²) in [5.74, 6) is 0.318. The maximum atomic E-state index is 12.7. The summed E-state index contributed by atoms with van der Waals surface area (Å²) in [5.41, 5.74) is 7.95. The van der Waals surface area contributed by atoms with Crippen molar-refractivity contribution in [1.29, 1.82) is 0 Å². The fourth-order valence-corrected chi connectivity index (χ4v) is 3.31. The molecule has 1 aliphatic rings. The molecule has 142 valence electrons. The predicted octanol–water partition coefficient (Wildman–Crippen LogP) is 2.70. The van der Waals surface area contributed by atoms with Crippen molar-refractivity contribution in [2.45, 2.75) is 19.3 Å². The van der Waals surface area contributed by atoms with Crippen LogP contribution in [0.3, 0.4) is 0 Å². The quantitative estimate of drug-likeness (QED) is 0.796. The molecule has 3 rings (SSSR count). The highest BCUT2D eigenvalue weighted by Crippen LogP contribution is 2.26. The molecule has 2 amide bonds. The van der Waals surface area contributed by atoms with Gasteiger partial charge in [0.25, 0.3) is 0 Å². The molecular weight excluding hydrogens is 342 g/mol. The van der Waals surface area contributed by atoms with E-state index in [1.807, 2.05) is 30.3 Å². The largest absolute Gasteiger partial charge is 0.497 e. The molecule has 2 aromatic carbocycles. The zero-order valence-corrected chi connectivity index (χ0v) is 15.5. The van der Waals surface area contributed by atoms with E-state index in [0.29, 0.717) is 36.6 Å². The molecule has 1 heterocycles. The number of anilines is 2.